The normalized spacial score (nSPS) is 14.9. The Balaban J connectivity index is 1.40. The van der Waals surface area contributed by atoms with Crippen molar-refractivity contribution < 1.29 is 4.98 Å². The fraction of sp³-hybridized carbons (Fsp3) is 0.300. The van der Waals surface area contributed by atoms with Crippen LogP contribution in [0, 0.1) is 0 Å². The number of fused-ring (bicyclic) bond motifs is 2. The molecule has 0 bridgehead atoms. The Morgan fingerprint density at radius 3 is 3.11 bits per heavy atom. The first-order chi connectivity index (χ1) is 13.7. The van der Waals surface area contributed by atoms with Crippen LogP contribution in [0.3, 0.4) is 0 Å². The number of rotatable bonds is 4. The van der Waals surface area contributed by atoms with Crippen LogP contribution >= 0.6 is 0 Å². The molecule has 0 fully saturated rings. The molecule has 5 N–H and O–H groups in total. The maximum atomic E-state index is 6.00. The molecule has 1 aromatic carbocycles. The van der Waals surface area contributed by atoms with E-state index in [2.05, 4.69) is 62.1 Å². The Bertz CT molecular complexity index is 1140. The number of nitrogens with one attached hydrogen (secondary N) is 3. The van der Waals surface area contributed by atoms with Crippen LogP contribution in [0.4, 0.5) is 5.82 Å². The molecule has 4 aromatic rings. The van der Waals surface area contributed by atoms with Gasteiger partial charge >= 0.3 is 5.65 Å². The fourth-order valence-corrected chi connectivity index (χ4v) is 3.94. The smallest absolute Gasteiger partial charge is 0.313 e. The third kappa shape index (κ3) is 3.01. The highest BCUT2D eigenvalue weighted by Gasteiger charge is 2.20. The molecule has 0 aliphatic carbocycles. The van der Waals surface area contributed by atoms with Crippen LogP contribution in [-0.2, 0) is 19.5 Å². The number of nitrogens with two attached hydrogens (primary N) is 1. The fourth-order valence-electron chi connectivity index (χ4n) is 3.94. The minimum atomic E-state index is 0.104. The van der Waals surface area contributed by atoms with Gasteiger partial charge in [0.1, 0.15) is 0 Å². The Labute approximate surface area is 162 Å². The molecule has 0 spiro atoms. The number of nitrogen functional groups attached to an aromatic ring is 1. The predicted octanol–water partition coefficient (Wildman–Crippen LogP) is 1.40. The first-order valence-electron chi connectivity index (χ1n) is 9.53. The Morgan fingerprint density at radius 1 is 1.25 bits per heavy atom. The molecule has 1 unspecified atom stereocenters. The van der Waals surface area contributed by atoms with E-state index in [0.717, 1.165) is 42.7 Å². The summed E-state index contributed by atoms with van der Waals surface area (Å²) in [6.45, 7) is 4.91. The summed E-state index contributed by atoms with van der Waals surface area (Å²) >= 11 is 0. The topological polar surface area (TPSA) is 112 Å². The van der Waals surface area contributed by atoms with Gasteiger partial charge in [0, 0.05) is 35.4 Å². The van der Waals surface area contributed by atoms with E-state index in [0.29, 0.717) is 11.5 Å². The summed E-state index contributed by atoms with van der Waals surface area (Å²) in [6, 6.07) is 8.66. The third-order valence-corrected chi connectivity index (χ3v) is 5.52. The maximum absolute atomic E-state index is 6.00. The molecule has 1 aliphatic heterocycles. The van der Waals surface area contributed by atoms with Crippen LogP contribution in [-0.4, -0.2) is 31.7 Å². The number of anilines is 1. The van der Waals surface area contributed by atoms with E-state index in [-0.39, 0.29) is 5.92 Å². The number of hydrogen-bond acceptors (Lipinski definition) is 5. The molecular weight excluding hydrogens is 352 g/mol. The van der Waals surface area contributed by atoms with Crippen molar-refractivity contribution in [3.05, 3.63) is 64.5 Å². The van der Waals surface area contributed by atoms with Gasteiger partial charge in [-0.25, -0.2) is 4.98 Å². The van der Waals surface area contributed by atoms with Gasteiger partial charge in [-0.2, -0.15) is 5.10 Å². The summed E-state index contributed by atoms with van der Waals surface area (Å²) in [5, 5.41) is 19.0. The van der Waals surface area contributed by atoms with Gasteiger partial charge in [-0.1, -0.05) is 25.1 Å². The monoisotopic (exact) mass is 375 g/mol. The molecule has 0 saturated heterocycles. The molecule has 8 heteroatoms. The zero-order valence-electron chi connectivity index (χ0n) is 15.7. The standard InChI is InChI=1S/C20H22N8/c1-12(17-7-18(21)24-20-19(17)25-27-26-20)16-9-23-28(11-16)10-13-2-3-15-8-22-5-4-14(15)6-13/h2-3,6-7,9,11-12,22H,4-5,8,10H2,1H3,(H3,21,24,25,26,27)/p+1. The van der Waals surface area contributed by atoms with Gasteiger partial charge in [-0.3, -0.25) is 4.68 Å². The van der Waals surface area contributed by atoms with Crippen molar-refractivity contribution in [2.75, 3.05) is 12.3 Å². The predicted molar refractivity (Wildman–Crippen MR) is 106 cm³/mol. The lowest BCUT2D eigenvalue weighted by molar-refractivity contribution is -0.329. The largest absolute Gasteiger partial charge is 0.319 e. The minimum absolute atomic E-state index is 0.104. The van der Waals surface area contributed by atoms with E-state index in [4.69, 9.17) is 5.73 Å². The van der Waals surface area contributed by atoms with Crippen LogP contribution in [0.5, 0.6) is 0 Å². The Morgan fingerprint density at radius 2 is 2.18 bits per heavy atom. The Kier molecular flexibility index (Phi) is 4.05. The first-order valence-corrected chi connectivity index (χ1v) is 9.53. The van der Waals surface area contributed by atoms with Gasteiger partial charge in [-0.15, -0.1) is 10.3 Å². The van der Waals surface area contributed by atoms with E-state index in [1.54, 1.807) is 0 Å². The lowest BCUT2D eigenvalue weighted by Gasteiger charge is -2.17. The van der Waals surface area contributed by atoms with Crippen molar-refractivity contribution in [1.29, 1.82) is 0 Å². The summed E-state index contributed by atoms with van der Waals surface area (Å²) in [7, 11) is 0. The van der Waals surface area contributed by atoms with Gasteiger partial charge < -0.3 is 11.1 Å². The molecule has 0 saturated carbocycles. The number of benzene rings is 1. The Hall–Kier alpha value is -3.26. The number of hydrogen-bond donors (Lipinski definition) is 3. The maximum Gasteiger partial charge on any atom is 0.313 e. The minimum Gasteiger partial charge on any atom is -0.319 e. The molecule has 5 rings (SSSR count). The van der Waals surface area contributed by atoms with E-state index in [1.807, 2.05) is 16.9 Å². The summed E-state index contributed by atoms with van der Waals surface area (Å²) in [4.78, 5) is 3.03. The van der Waals surface area contributed by atoms with Crippen molar-refractivity contribution in [2.24, 2.45) is 0 Å². The zero-order chi connectivity index (χ0) is 19.1. The van der Waals surface area contributed by atoms with E-state index < -0.39 is 0 Å². The quantitative estimate of drug-likeness (QED) is 0.499. The molecule has 0 radical (unpaired) electrons. The molecule has 28 heavy (non-hydrogen) atoms. The number of aromatic nitrogens is 6. The number of H-pyrrole nitrogens is 2. The average Bonchev–Trinajstić information content (AvgIpc) is 3.36. The van der Waals surface area contributed by atoms with Crippen molar-refractivity contribution in [3.63, 3.8) is 0 Å². The van der Waals surface area contributed by atoms with E-state index in [1.165, 1.54) is 16.7 Å². The van der Waals surface area contributed by atoms with Gasteiger partial charge in [0.05, 0.1) is 12.7 Å². The number of nitrogens with zero attached hydrogens (tertiary/aromatic N) is 4. The molecule has 8 nitrogen and oxygen atoms in total. The highest BCUT2D eigenvalue weighted by Crippen LogP contribution is 2.28. The van der Waals surface area contributed by atoms with Crippen molar-refractivity contribution in [1.82, 2.24) is 30.5 Å². The van der Waals surface area contributed by atoms with Crippen molar-refractivity contribution >= 4 is 17.0 Å². The molecule has 1 atom stereocenters. The summed E-state index contributed by atoms with van der Waals surface area (Å²) in [5.74, 6) is 0.673. The van der Waals surface area contributed by atoms with Crippen LogP contribution in [0.25, 0.3) is 11.2 Å². The second kappa shape index (κ2) is 6.72. The molecule has 142 valence electrons. The number of pyridine rings is 1. The summed E-state index contributed by atoms with van der Waals surface area (Å²) < 4.78 is 1.99. The van der Waals surface area contributed by atoms with Gasteiger partial charge in [0.15, 0.2) is 5.52 Å². The lowest BCUT2D eigenvalue weighted by atomic mass is 9.95. The lowest BCUT2D eigenvalue weighted by Crippen LogP contribution is -2.23. The van der Waals surface area contributed by atoms with Gasteiger partial charge in [0.2, 0.25) is 5.82 Å². The van der Waals surface area contributed by atoms with Crippen LogP contribution in [0.2, 0.25) is 0 Å². The molecule has 1 aliphatic rings. The third-order valence-electron chi connectivity index (χ3n) is 5.52. The van der Waals surface area contributed by atoms with E-state index >= 15 is 0 Å². The van der Waals surface area contributed by atoms with Crippen LogP contribution in [0.1, 0.15) is 40.7 Å². The number of aromatic amines is 2. The van der Waals surface area contributed by atoms with Crippen LogP contribution < -0.4 is 16.0 Å². The van der Waals surface area contributed by atoms with Crippen LogP contribution in [0.15, 0.2) is 36.7 Å². The van der Waals surface area contributed by atoms with E-state index in [9.17, 15) is 0 Å². The zero-order valence-corrected chi connectivity index (χ0v) is 15.7. The second-order valence-corrected chi connectivity index (χ2v) is 7.42. The summed E-state index contributed by atoms with van der Waals surface area (Å²) in [6.07, 6.45) is 5.11. The van der Waals surface area contributed by atoms with Gasteiger partial charge in [-0.05, 0) is 35.2 Å². The highest BCUT2D eigenvalue weighted by atomic mass is 15.3. The SMILES string of the molecule is CC(c1cnn(Cc2ccc3c(c2)CCNC3)c1)c1cc(N)[nH+]c2n[nH]nc12. The average molecular weight is 375 g/mol. The molecule has 3 aromatic heterocycles. The first kappa shape index (κ1) is 16.9. The second-order valence-electron chi connectivity index (χ2n) is 7.42. The van der Waals surface area contributed by atoms with Crippen molar-refractivity contribution in [3.8, 4) is 0 Å². The van der Waals surface area contributed by atoms with Gasteiger partial charge in [0.25, 0.3) is 0 Å². The van der Waals surface area contributed by atoms with Crippen molar-refractivity contribution in [2.45, 2.75) is 32.4 Å². The molecule has 0 amide bonds. The highest BCUT2D eigenvalue weighted by molar-refractivity contribution is 5.73. The summed E-state index contributed by atoms with van der Waals surface area (Å²) in [5.41, 5.74) is 13.7. The molecular formula is C20H23N8+. The molecule has 4 heterocycles.